The van der Waals surface area contributed by atoms with Crippen molar-refractivity contribution < 1.29 is 9.53 Å². The topological polar surface area (TPSA) is 50.4 Å². The molecule has 0 saturated heterocycles. The van der Waals surface area contributed by atoms with E-state index < -0.39 is 0 Å². The van der Waals surface area contributed by atoms with Gasteiger partial charge in [0.1, 0.15) is 0 Å². The summed E-state index contributed by atoms with van der Waals surface area (Å²) in [7, 11) is 0. The van der Waals surface area contributed by atoms with Gasteiger partial charge in [-0.05, 0) is 37.8 Å². The van der Waals surface area contributed by atoms with Gasteiger partial charge in [0.2, 0.25) is 5.91 Å². The van der Waals surface area contributed by atoms with Gasteiger partial charge in [0.15, 0.2) is 0 Å². The lowest BCUT2D eigenvalue weighted by Crippen LogP contribution is -2.41. The second-order valence-corrected chi connectivity index (χ2v) is 5.54. The van der Waals surface area contributed by atoms with Crippen molar-refractivity contribution in [1.29, 1.82) is 0 Å². The van der Waals surface area contributed by atoms with Crippen LogP contribution < -0.4 is 10.6 Å². The van der Waals surface area contributed by atoms with Crippen molar-refractivity contribution >= 4 is 5.91 Å². The van der Waals surface area contributed by atoms with E-state index >= 15 is 0 Å². The molecule has 20 heavy (non-hydrogen) atoms. The van der Waals surface area contributed by atoms with Crippen molar-refractivity contribution in [1.82, 2.24) is 10.6 Å². The van der Waals surface area contributed by atoms with Gasteiger partial charge in [-0.3, -0.25) is 4.79 Å². The third-order valence-electron chi connectivity index (χ3n) is 3.30. The Morgan fingerprint density at radius 1 is 1.35 bits per heavy atom. The fraction of sp³-hybridized carbons (Fsp3) is 0.562. The van der Waals surface area contributed by atoms with Gasteiger partial charge in [0.05, 0.1) is 19.8 Å². The highest BCUT2D eigenvalue weighted by molar-refractivity contribution is 5.78. The minimum atomic E-state index is 0.0361. The molecule has 1 aromatic carbocycles. The van der Waals surface area contributed by atoms with Crippen LogP contribution in [-0.2, 0) is 16.1 Å². The summed E-state index contributed by atoms with van der Waals surface area (Å²) in [5, 5.41) is 6.12. The van der Waals surface area contributed by atoms with Crippen LogP contribution >= 0.6 is 0 Å². The molecule has 4 nitrogen and oxygen atoms in total. The fourth-order valence-corrected chi connectivity index (χ4v) is 2.01. The number of hydrogen-bond donors (Lipinski definition) is 2. The predicted molar refractivity (Wildman–Crippen MR) is 79.3 cm³/mol. The molecule has 0 spiro atoms. The summed E-state index contributed by atoms with van der Waals surface area (Å²) in [4.78, 5) is 11.7. The molecule has 1 aliphatic carbocycles. The van der Waals surface area contributed by atoms with E-state index in [1.807, 2.05) is 37.3 Å². The van der Waals surface area contributed by atoms with Crippen molar-refractivity contribution in [3.05, 3.63) is 35.9 Å². The Hall–Kier alpha value is -1.39. The lowest BCUT2D eigenvalue weighted by Gasteiger charge is -2.14. The van der Waals surface area contributed by atoms with E-state index in [4.69, 9.17) is 4.74 Å². The zero-order valence-electron chi connectivity index (χ0n) is 12.1. The molecule has 0 heterocycles. The maximum absolute atomic E-state index is 11.7. The first kappa shape index (κ1) is 15.0. The van der Waals surface area contributed by atoms with E-state index in [0.717, 1.165) is 18.0 Å². The van der Waals surface area contributed by atoms with Crippen molar-refractivity contribution in [3.63, 3.8) is 0 Å². The highest BCUT2D eigenvalue weighted by Crippen LogP contribution is 2.27. The highest BCUT2D eigenvalue weighted by atomic mass is 16.5. The fourth-order valence-electron chi connectivity index (χ4n) is 2.01. The van der Waals surface area contributed by atoms with Crippen LogP contribution in [-0.4, -0.2) is 31.6 Å². The molecule has 0 aliphatic heterocycles. The van der Waals surface area contributed by atoms with E-state index in [1.165, 1.54) is 12.8 Å². The van der Waals surface area contributed by atoms with Crippen LogP contribution in [0.4, 0.5) is 0 Å². The third kappa shape index (κ3) is 6.17. The number of carbonyl (C=O) groups is 1. The van der Waals surface area contributed by atoms with E-state index in [1.54, 1.807) is 0 Å². The van der Waals surface area contributed by atoms with Gasteiger partial charge < -0.3 is 15.4 Å². The molecule has 1 atom stereocenters. The molecule has 0 radical (unpaired) electrons. The van der Waals surface area contributed by atoms with E-state index in [2.05, 4.69) is 10.6 Å². The third-order valence-corrected chi connectivity index (χ3v) is 3.30. The monoisotopic (exact) mass is 276 g/mol. The molecular formula is C16H24N2O2. The molecule has 1 aliphatic rings. The van der Waals surface area contributed by atoms with Gasteiger partial charge >= 0.3 is 0 Å². The standard InChI is InChI=1S/C16H24N2O2/c1-13(11-20-12-15-5-3-2-4-6-15)18-16(19)10-17-9-14-7-8-14/h2-6,13-14,17H,7-12H2,1H3,(H,18,19). The Morgan fingerprint density at radius 2 is 2.10 bits per heavy atom. The number of benzene rings is 1. The summed E-state index contributed by atoms with van der Waals surface area (Å²) >= 11 is 0. The summed E-state index contributed by atoms with van der Waals surface area (Å²) in [6, 6.07) is 10.1. The van der Waals surface area contributed by atoms with Gasteiger partial charge in [-0.15, -0.1) is 0 Å². The van der Waals surface area contributed by atoms with Crippen LogP contribution in [0.25, 0.3) is 0 Å². The average Bonchev–Trinajstić information content (AvgIpc) is 3.24. The first-order valence-corrected chi connectivity index (χ1v) is 7.36. The molecule has 1 fully saturated rings. The molecule has 1 aromatic rings. The molecule has 4 heteroatoms. The number of hydrogen-bond acceptors (Lipinski definition) is 3. The largest absolute Gasteiger partial charge is 0.375 e. The van der Waals surface area contributed by atoms with Gasteiger partial charge in [-0.2, -0.15) is 0 Å². The summed E-state index contributed by atoms with van der Waals surface area (Å²) in [5.74, 6) is 0.843. The molecule has 1 unspecified atom stereocenters. The molecule has 2 N–H and O–H groups in total. The van der Waals surface area contributed by atoms with Crippen LogP contribution in [0.2, 0.25) is 0 Å². The highest BCUT2D eigenvalue weighted by Gasteiger charge is 2.20. The number of ether oxygens (including phenoxy) is 1. The zero-order chi connectivity index (χ0) is 14.2. The summed E-state index contributed by atoms with van der Waals surface area (Å²) in [6.07, 6.45) is 2.61. The SMILES string of the molecule is CC(COCc1ccccc1)NC(=O)CNCC1CC1. The van der Waals surface area contributed by atoms with E-state index in [9.17, 15) is 4.79 Å². The second kappa shape index (κ2) is 8.02. The lowest BCUT2D eigenvalue weighted by atomic mass is 10.2. The summed E-state index contributed by atoms with van der Waals surface area (Å²) in [6.45, 7) is 4.44. The maximum Gasteiger partial charge on any atom is 0.234 e. The molecule has 110 valence electrons. The summed E-state index contributed by atoms with van der Waals surface area (Å²) in [5.41, 5.74) is 1.15. The molecule has 0 bridgehead atoms. The van der Waals surface area contributed by atoms with Crippen LogP contribution in [0.15, 0.2) is 30.3 Å². The minimum Gasteiger partial charge on any atom is -0.375 e. The van der Waals surface area contributed by atoms with E-state index in [-0.39, 0.29) is 11.9 Å². The van der Waals surface area contributed by atoms with Crippen molar-refractivity contribution in [2.24, 2.45) is 5.92 Å². The molecular weight excluding hydrogens is 252 g/mol. The minimum absolute atomic E-state index is 0.0361. The van der Waals surface area contributed by atoms with E-state index in [0.29, 0.717) is 19.8 Å². The average molecular weight is 276 g/mol. The molecule has 1 amide bonds. The number of rotatable bonds is 9. The first-order chi connectivity index (χ1) is 9.74. The van der Waals surface area contributed by atoms with Crippen LogP contribution in [0.3, 0.4) is 0 Å². The summed E-state index contributed by atoms with van der Waals surface area (Å²) < 4.78 is 5.60. The first-order valence-electron chi connectivity index (χ1n) is 7.36. The Kier molecular flexibility index (Phi) is 6.02. The second-order valence-electron chi connectivity index (χ2n) is 5.54. The van der Waals surface area contributed by atoms with Gasteiger partial charge in [0.25, 0.3) is 0 Å². The number of carbonyl (C=O) groups excluding carboxylic acids is 1. The Bertz CT molecular complexity index is 404. The molecule has 1 saturated carbocycles. The van der Waals surface area contributed by atoms with Crippen LogP contribution in [0, 0.1) is 5.92 Å². The Morgan fingerprint density at radius 3 is 2.80 bits per heavy atom. The smallest absolute Gasteiger partial charge is 0.234 e. The maximum atomic E-state index is 11.7. The van der Waals surface area contributed by atoms with Crippen molar-refractivity contribution in [2.75, 3.05) is 19.7 Å². The number of nitrogens with one attached hydrogen (secondary N) is 2. The Labute approximate surface area is 120 Å². The van der Waals surface area contributed by atoms with Gasteiger partial charge in [-0.25, -0.2) is 0 Å². The molecule has 2 rings (SSSR count). The normalized spacial score (nSPS) is 15.8. The zero-order valence-corrected chi connectivity index (χ0v) is 12.1. The van der Waals surface area contributed by atoms with Crippen LogP contribution in [0.5, 0.6) is 0 Å². The van der Waals surface area contributed by atoms with Crippen molar-refractivity contribution in [2.45, 2.75) is 32.4 Å². The van der Waals surface area contributed by atoms with Gasteiger partial charge in [-0.1, -0.05) is 30.3 Å². The number of amides is 1. The Balaban J connectivity index is 1.52. The van der Waals surface area contributed by atoms with Gasteiger partial charge in [0, 0.05) is 6.04 Å². The van der Waals surface area contributed by atoms with Crippen LogP contribution in [0.1, 0.15) is 25.3 Å². The molecule has 0 aromatic heterocycles. The predicted octanol–water partition coefficient (Wildman–Crippen LogP) is 1.71. The quantitative estimate of drug-likeness (QED) is 0.722. The van der Waals surface area contributed by atoms with Crippen molar-refractivity contribution in [3.8, 4) is 0 Å². The lowest BCUT2D eigenvalue weighted by molar-refractivity contribution is -0.121.